The van der Waals surface area contributed by atoms with Crippen molar-refractivity contribution in [2.24, 2.45) is 5.92 Å². The molecule has 1 aromatic carbocycles. The van der Waals surface area contributed by atoms with Gasteiger partial charge in [-0.05, 0) is 33.6 Å². The standard InChI is InChI=1S/C12H12BrCl2NO3S/c13-10-2-1-8(3-11(10)14)5-16-6-9(4-12(16)17)7-20(15,18)19/h1-3,9H,4-7H2. The number of rotatable bonds is 4. The van der Waals surface area contributed by atoms with Gasteiger partial charge in [0.05, 0.1) is 10.8 Å². The van der Waals surface area contributed by atoms with Crippen LogP contribution in [0.2, 0.25) is 5.02 Å². The Kier molecular flexibility index (Phi) is 5.00. The first-order chi connectivity index (χ1) is 9.24. The first-order valence-corrected chi connectivity index (χ1v) is 9.53. The van der Waals surface area contributed by atoms with Crippen molar-refractivity contribution in [3.05, 3.63) is 33.3 Å². The van der Waals surface area contributed by atoms with Crippen molar-refractivity contribution in [3.63, 3.8) is 0 Å². The van der Waals surface area contributed by atoms with Crippen molar-refractivity contribution in [1.82, 2.24) is 4.90 Å². The first kappa shape index (κ1) is 16.1. The molecule has 110 valence electrons. The Bertz CT molecular complexity index is 636. The Labute approximate surface area is 135 Å². The summed E-state index contributed by atoms with van der Waals surface area (Å²) in [5.41, 5.74) is 0.904. The van der Waals surface area contributed by atoms with Gasteiger partial charge < -0.3 is 4.90 Å². The number of carbonyl (C=O) groups excluding carboxylic acids is 1. The van der Waals surface area contributed by atoms with Gasteiger partial charge in [-0.25, -0.2) is 8.42 Å². The monoisotopic (exact) mass is 399 g/mol. The molecule has 2 rings (SSSR count). The number of nitrogens with zero attached hydrogens (tertiary/aromatic N) is 1. The summed E-state index contributed by atoms with van der Waals surface area (Å²) in [6.45, 7) is 0.823. The van der Waals surface area contributed by atoms with Crippen LogP contribution in [0.15, 0.2) is 22.7 Å². The van der Waals surface area contributed by atoms with Gasteiger partial charge in [0, 0.05) is 40.6 Å². The van der Waals surface area contributed by atoms with Gasteiger partial charge in [-0.3, -0.25) is 4.79 Å². The molecule has 8 heteroatoms. The van der Waals surface area contributed by atoms with Crippen LogP contribution in [0.5, 0.6) is 0 Å². The summed E-state index contributed by atoms with van der Waals surface area (Å²) in [6.07, 6.45) is 0.218. The number of hydrogen-bond acceptors (Lipinski definition) is 3. The Hall–Kier alpha value is -0.300. The predicted octanol–water partition coefficient (Wildman–Crippen LogP) is 3.02. The highest BCUT2D eigenvalue weighted by atomic mass is 79.9. The van der Waals surface area contributed by atoms with E-state index in [4.69, 9.17) is 22.3 Å². The van der Waals surface area contributed by atoms with Crippen LogP contribution in [-0.2, 0) is 20.4 Å². The molecule has 0 N–H and O–H groups in total. The molecule has 1 aromatic rings. The van der Waals surface area contributed by atoms with Gasteiger partial charge in [-0.1, -0.05) is 17.7 Å². The lowest BCUT2D eigenvalue weighted by Gasteiger charge is -2.16. The van der Waals surface area contributed by atoms with Crippen LogP contribution in [0, 0.1) is 5.92 Å². The van der Waals surface area contributed by atoms with Gasteiger partial charge in [0.1, 0.15) is 0 Å². The van der Waals surface area contributed by atoms with Crippen LogP contribution in [0.4, 0.5) is 0 Å². The van der Waals surface area contributed by atoms with E-state index in [1.54, 1.807) is 11.0 Å². The number of hydrogen-bond donors (Lipinski definition) is 0. The predicted molar refractivity (Wildman–Crippen MR) is 82.3 cm³/mol. The van der Waals surface area contributed by atoms with E-state index < -0.39 is 9.05 Å². The van der Waals surface area contributed by atoms with E-state index in [-0.39, 0.29) is 24.0 Å². The van der Waals surface area contributed by atoms with Crippen LogP contribution in [0.1, 0.15) is 12.0 Å². The lowest BCUT2D eigenvalue weighted by atomic mass is 10.1. The van der Waals surface area contributed by atoms with Crippen molar-refractivity contribution in [3.8, 4) is 0 Å². The minimum atomic E-state index is -3.57. The molecule has 0 aromatic heterocycles. The number of carbonyl (C=O) groups is 1. The maximum Gasteiger partial charge on any atom is 0.232 e. The maximum absolute atomic E-state index is 11.9. The summed E-state index contributed by atoms with van der Waals surface area (Å²) in [5.74, 6) is -0.469. The molecule has 0 aliphatic carbocycles. The Morgan fingerprint density at radius 2 is 2.10 bits per heavy atom. The minimum absolute atomic E-state index is 0.0608. The molecular formula is C12H12BrCl2NO3S. The molecule has 1 fully saturated rings. The van der Waals surface area contributed by atoms with E-state index in [9.17, 15) is 13.2 Å². The Morgan fingerprint density at radius 1 is 1.40 bits per heavy atom. The molecule has 1 heterocycles. The zero-order chi connectivity index (χ0) is 14.9. The molecule has 0 radical (unpaired) electrons. The van der Waals surface area contributed by atoms with Crippen LogP contribution >= 0.6 is 38.2 Å². The first-order valence-electron chi connectivity index (χ1n) is 5.88. The van der Waals surface area contributed by atoms with Crippen molar-refractivity contribution < 1.29 is 13.2 Å². The fourth-order valence-corrected chi connectivity index (χ4v) is 4.03. The fourth-order valence-electron chi connectivity index (χ4n) is 2.26. The molecule has 0 bridgehead atoms. The quantitative estimate of drug-likeness (QED) is 0.730. The molecule has 20 heavy (non-hydrogen) atoms. The van der Waals surface area contributed by atoms with Crippen LogP contribution in [0.25, 0.3) is 0 Å². The zero-order valence-corrected chi connectivity index (χ0v) is 14.3. The second-order valence-corrected chi connectivity index (χ2v) is 8.88. The van der Waals surface area contributed by atoms with Crippen LogP contribution in [-0.4, -0.2) is 31.5 Å². The molecule has 0 saturated carbocycles. The Morgan fingerprint density at radius 3 is 2.70 bits per heavy atom. The Balaban J connectivity index is 2.03. The fraction of sp³-hybridized carbons (Fsp3) is 0.417. The lowest BCUT2D eigenvalue weighted by molar-refractivity contribution is -0.128. The molecule has 1 saturated heterocycles. The van der Waals surface area contributed by atoms with Gasteiger partial charge in [-0.15, -0.1) is 0 Å². The summed E-state index contributed by atoms with van der Waals surface area (Å²) in [5, 5.41) is 0.578. The number of amides is 1. The molecule has 1 unspecified atom stereocenters. The highest BCUT2D eigenvalue weighted by molar-refractivity contribution is 9.10. The van der Waals surface area contributed by atoms with E-state index in [0.717, 1.165) is 10.0 Å². The number of benzene rings is 1. The average Bonchev–Trinajstić information content (AvgIpc) is 2.62. The van der Waals surface area contributed by atoms with Gasteiger partial charge >= 0.3 is 0 Å². The van der Waals surface area contributed by atoms with E-state index in [0.29, 0.717) is 18.1 Å². The van der Waals surface area contributed by atoms with E-state index in [2.05, 4.69) is 15.9 Å². The third-order valence-corrected chi connectivity index (χ3v) is 5.57. The van der Waals surface area contributed by atoms with Crippen molar-refractivity contribution >= 4 is 53.2 Å². The average molecular weight is 401 g/mol. The summed E-state index contributed by atoms with van der Waals surface area (Å²) in [6, 6.07) is 5.47. The van der Waals surface area contributed by atoms with Crippen molar-refractivity contribution in [2.45, 2.75) is 13.0 Å². The van der Waals surface area contributed by atoms with Crippen molar-refractivity contribution in [2.75, 3.05) is 12.3 Å². The SMILES string of the molecule is O=C1CC(CS(=O)(=O)Cl)CN1Cc1ccc(Br)c(Cl)c1. The molecule has 1 aliphatic rings. The lowest BCUT2D eigenvalue weighted by Crippen LogP contribution is -2.25. The molecule has 1 amide bonds. The van der Waals surface area contributed by atoms with Gasteiger partial charge in [0.15, 0.2) is 0 Å². The topological polar surface area (TPSA) is 54.5 Å². The summed E-state index contributed by atoms with van der Waals surface area (Å²) in [7, 11) is 1.65. The largest absolute Gasteiger partial charge is 0.338 e. The van der Waals surface area contributed by atoms with E-state index in [1.165, 1.54) is 0 Å². The van der Waals surface area contributed by atoms with Crippen LogP contribution < -0.4 is 0 Å². The van der Waals surface area contributed by atoms with Crippen molar-refractivity contribution in [1.29, 1.82) is 0 Å². The summed E-state index contributed by atoms with van der Waals surface area (Å²) < 4.78 is 22.9. The summed E-state index contributed by atoms with van der Waals surface area (Å²) >= 11 is 9.31. The minimum Gasteiger partial charge on any atom is -0.338 e. The molecule has 1 atom stereocenters. The zero-order valence-electron chi connectivity index (χ0n) is 10.4. The molecular weight excluding hydrogens is 389 g/mol. The number of likely N-dealkylation sites (tertiary alicyclic amines) is 1. The smallest absolute Gasteiger partial charge is 0.232 e. The maximum atomic E-state index is 11.9. The highest BCUT2D eigenvalue weighted by Crippen LogP contribution is 2.26. The third kappa shape index (κ3) is 4.35. The molecule has 4 nitrogen and oxygen atoms in total. The van der Waals surface area contributed by atoms with E-state index in [1.807, 2.05) is 12.1 Å². The van der Waals surface area contributed by atoms with E-state index >= 15 is 0 Å². The molecule has 0 spiro atoms. The normalized spacial score (nSPS) is 19.6. The highest BCUT2D eigenvalue weighted by Gasteiger charge is 2.32. The van der Waals surface area contributed by atoms with Gasteiger partial charge in [0.25, 0.3) is 0 Å². The summed E-state index contributed by atoms with van der Waals surface area (Å²) in [4.78, 5) is 13.5. The van der Waals surface area contributed by atoms with Gasteiger partial charge in [0.2, 0.25) is 15.0 Å². The third-order valence-electron chi connectivity index (χ3n) is 3.09. The molecule has 1 aliphatic heterocycles. The second kappa shape index (κ2) is 6.22. The van der Waals surface area contributed by atoms with Crippen LogP contribution in [0.3, 0.4) is 0 Å². The van der Waals surface area contributed by atoms with Gasteiger partial charge in [-0.2, -0.15) is 0 Å². The second-order valence-electron chi connectivity index (χ2n) is 4.80. The number of halogens is 3.